The number of nitrogens with two attached hydrogens (primary N) is 2. The molecule has 0 saturated heterocycles. The van der Waals surface area contributed by atoms with Gasteiger partial charge in [0.15, 0.2) is 0 Å². The first-order valence-corrected chi connectivity index (χ1v) is 1.48. The van der Waals surface area contributed by atoms with Crippen molar-refractivity contribution in [2.45, 2.75) is 5.85 Å². The molecule has 0 heterocycles. The topological polar surface area (TPSA) is 110 Å². The summed E-state index contributed by atoms with van der Waals surface area (Å²) in [5.74, 6) is -4.23. The van der Waals surface area contributed by atoms with Crippen LogP contribution in [0.1, 0.15) is 0 Å². The van der Waals surface area contributed by atoms with Gasteiger partial charge in [-0.05, 0) is 0 Å². The van der Waals surface area contributed by atoms with E-state index in [0.29, 0.717) is 0 Å². The Balaban J connectivity index is 0. The molecule has 0 aliphatic rings. The van der Waals surface area contributed by atoms with Crippen LogP contribution in [0.4, 0.5) is 0 Å². The van der Waals surface area contributed by atoms with Crippen LogP contribution in [-0.4, -0.2) is 22.0 Å². The fourth-order valence-electron chi connectivity index (χ4n) is 0. The van der Waals surface area contributed by atoms with Crippen LogP contribution in [0.3, 0.4) is 0 Å². The van der Waals surface area contributed by atoms with Gasteiger partial charge in [0.2, 0.25) is 0 Å². The molecule has 0 spiro atoms. The second-order valence-corrected chi connectivity index (χ2v) is 1.13. The number of aliphatic hydroxyl groups is 1. The van der Waals surface area contributed by atoms with E-state index in [2.05, 4.69) is 11.5 Å². The molecular weight excluding hydrogens is 295 g/mol. The molecule has 0 aromatic heterocycles. The summed E-state index contributed by atoms with van der Waals surface area (Å²) in [5, 5.41) is 15.8. The molecule has 0 atom stereocenters. The van der Waals surface area contributed by atoms with Gasteiger partial charge in [0.25, 0.3) is 5.85 Å². The molecule has 0 radical (unpaired) electrons. The SMILES string of the molecule is NC(N)(O)C(=O)O.[Pt]. The average molecular weight is 301 g/mol. The van der Waals surface area contributed by atoms with E-state index >= 15 is 0 Å². The van der Waals surface area contributed by atoms with Crippen molar-refractivity contribution < 1.29 is 36.1 Å². The minimum Gasteiger partial charge on any atom is -0.477 e. The number of carboxylic acids is 1. The quantitative estimate of drug-likeness (QED) is 0.405. The molecule has 6 heteroatoms. The summed E-state index contributed by atoms with van der Waals surface area (Å²) in [5.41, 5.74) is 8.82. The van der Waals surface area contributed by atoms with Gasteiger partial charge in [0.05, 0.1) is 0 Å². The summed E-state index contributed by atoms with van der Waals surface area (Å²) in [7, 11) is 0. The molecule has 0 aromatic rings. The number of hydrogen-bond donors (Lipinski definition) is 4. The van der Waals surface area contributed by atoms with Crippen molar-refractivity contribution in [3.8, 4) is 0 Å². The second kappa shape index (κ2) is 3.14. The summed E-state index contributed by atoms with van der Waals surface area (Å²) in [6.45, 7) is 0. The summed E-state index contributed by atoms with van der Waals surface area (Å²) in [4.78, 5) is 9.52. The van der Waals surface area contributed by atoms with E-state index in [1.807, 2.05) is 0 Å². The van der Waals surface area contributed by atoms with Crippen molar-refractivity contribution in [3.05, 3.63) is 0 Å². The van der Waals surface area contributed by atoms with Crippen molar-refractivity contribution >= 4 is 5.97 Å². The maximum Gasteiger partial charge on any atom is 0.367 e. The van der Waals surface area contributed by atoms with Gasteiger partial charge < -0.3 is 10.2 Å². The monoisotopic (exact) mass is 301 g/mol. The Hall–Kier alpha value is 0.0383. The van der Waals surface area contributed by atoms with Gasteiger partial charge in [-0.15, -0.1) is 0 Å². The number of carbonyl (C=O) groups is 1. The molecule has 6 N–H and O–H groups in total. The Morgan fingerprint density at radius 1 is 1.50 bits per heavy atom. The van der Waals surface area contributed by atoms with Crippen LogP contribution >= 0.6 is 0 Å². The second-order valence-electron chi connectivity index (χ2n) is 1.13. The Labute approximate surface area is 59.9 Å². The van der Waals surface area contributed by atoms with Gasteiger partial charge in [-0.1, -0.05) is 0 Å². The normalized spacial score (nSPS) is 9.88. The number of carboxylic acid groups (broad SMARTS) is 1. The van der Waals surface area contributed by atoms with Crippen LogP contribution in [0.25, 0.3) is 0 Å². The fourth-order valence-corrected chi connectivity index (χ4v) is 0. The van der Waals surface area contributed by atoms with Crippen LogP contribution in [0, 0.1) is 0 Å². The first-order chi connectivity index (χ1) is 2.94. The zero-order chi connectivity index (χ0) is 6.08. The molecule has 5 nitrogen and oxygen atoms in total. The Morgan fingerprint density at radius 2 is 1.62 bits per heavy atom. The van der Waals surface area contributed by atoms with Crippen molar-refractivity contribution in [2.24, 2.45) is 11.5 Å². The first-order valence-electron chi connectivity index (χ1n) is 1.48. The van der Waals surface area contributed by atoms with E-state index in [9.17, 15) is 4.79 Å². The van der Waals surface area contributed by atoms with E-state index in [1.54, 1.807) is 0 Å². The molecule has 0 aliphatic carbocycles. The Bertz CT molecular complexity index is 87.8. The predicted octanol–water partition coefficient (Wildman–Crippen LogP) is -2.37. The van der Waals surface area contributed by atoms with Crippen LogP contribution in [-0.2, 0) is 25.9 Å². The van der Waals surface area contributed by atoms with Crippen molar-refractivity contribution in [1.29, 1.82) is 0 Å². The van der Waals surface area contributed by atoms with Gasteiger partial charge in [-0.2, -0.15) is 0 Å². The van der Waals surface area contributed by atoms with Crippen LogP contribution in [0.15, 0.2) is 0 Å². The smallest absolute Gasteiger partial charge is 0.367 e. The molecule has 0 bridgehead atoms. The van der Waals surface area contributed by atoms with E-state index in [0.717, 1.165) is 0 Å². The van der Waals surface area contributed by atoms with Gasteiger partial charge in [0, 0.05) is 21.1 Å². The summed E-state index contributed by atoms with van der Waals surface area (Å²) < 4.78 is 0. The molecule has 0 fully saturated rings. The first kappa shape index (κ1) is 10.9. The van der Waals surface area contributed by atoms with E-state index in [-0.39, 0.29) is 21.1 Å². The maximum atomic E-state index is 9.52. The van der Waals surface area contributed by atoms with Gasteiger partial charge in [-0.3, -0.25) is 11.5 Å². The fraction of sp³-hybridized carbons (Fsp3) is 0.500. The third-order valence-electron chi connectivity index (χ3n) is 0.343. The molecule has 0 aliphatic heterocycles. The molecule has 0 amide bonds. The molecule has 0 aromatic carbocycles. The summed E-state index contributed by atoms with van der Waals surface area (Å²) in [6, 6.07) is 0. The minimum atomic E-state index is -2.58. The standard InChI is InChI=1S/C2H6N2O3.Pt/c3-2(4,7)1(5)6;/h7H,3-4H2,(H,5,6);. The minimum absolute atomic E-state index is 0. The van der Waals surface area contributed by atoms with Crippen molar-refractivity contribution in [2.75, 3.05) is 0 Å². The van der Waals surface area contributed by atoms with E-state index < -0.39 is 11.8 Å². The van der Waals surface area contributed by atoms with Crippen LogP contribution in [0.2, 0.25) is 0 Å². The zero-order valence-corrected chi connectivity index (χ0v) is 6.05. The van der Waals surface area contributed by atoms with E-state index in [1.165, 1.54) is 0 Å². The molecule has 0 rings (SSSR count). The van der Waals surface area contributed by atoms with Gasteiger partial charge in [0.1, 0.15) is 0 Å². The average Bonchev–Trinajstić information content (AvgIpc) is 1.31. The van der Waals surface area contributed by atoms with Crippen molar-refractivity contribution in [1.82, 2.24) is 0 Å². The predicted molar refractivity (Wildman–Crippen MR) is 21.0 cm³/mol. The maximum absolute atomic E-state index is 9.52. The molecular formula is C2H6N2O3Pt. The van der Waals surface area contributed by atoms with Crippen molar-refractivity contribution in [3.63, 3.8) is 0 Å². The van der Waals surface area contributed by atoms with E-state index in [4.69, 9.17) is 10.2 Å². The molecule has 0 saturated carbocycles. The summed E-state index contributed by atoms with van der Waals surface area (Å²) >= 11 is 0. The Morgan fingerprint density at radius 3 is 1.62 bits per heavy atom. The molecule has 0 unspecified atom stereocenters. The largest absolute Gasteiger partial charge is 0.477 e. The molecule has 52 valence electrons. The number of hydrogen-bond acceptors (Lipinski definition) is 4. The molecule has 8 heavy (non-hydrogen) atoms. The number of rotatable bonds is 1. The van der Waals surface area contributed by atoms with Crippen LogP contribution < -0.4 is 11.5 Å². The van der Waals surface area contributed by atoms with Gasteiger partial charge in [-0.25, -0.2) is 4.79 Å². The van der Waals surface area contributed by atoms with Crippen LogP contribution in [0.5, 0.6) is 0 Å². The third kappa shape index (κ3) is 4.20. The Kier molecular flexibility index (Phi) is 4.29. The zero-order valence-electron chi connectivity index (χ0n) is 3.77. The summed E-state index contributed by atoms with van der Waals surface area (Å²) in [6.07, 6.45) is 0. The van der Waals surface area contributed by atoms with Gasteiger partial charge >= 0.3 is 5.97 Å². The third-order valence-corrected chi connectivity index (χ3v) is 0.343. The number of aliphatic carboxylic acids is 1.